The largest absolute Gasteiger partial charge is 0.493 e. The number of nitrogens with one attached hydrogen (secondary N) is 3. The van der Waals surface area contributed by atoms with E-state index in [4.69, 9.17) is 17.9 Å². The summed E-state index contributed by atoms with van der Waals surface area (Å²) in [6.45, 7) is 21.0. The smallest absolute Gasteiger partial charge is 0.333 e. The topological polar surface area (TPSA) is 71.1 Å². The van der Waals surface area contributed by atoms with Gasteiger partial charge < -0.3 is 10.1 Å². The van der Waals surface area contributed by atoms with Crippen molar-refractivity contribution in [2.45, 2.75) is 27.2 Å². The number of benzene rings is 2. The highest BCUT2D eigenvalue weighted by molar-refractivity contribution is 5.80. The van der Waals surface area contributed by atoms with Crippen molar-refractivity contribution < 1.29 is 9.53 Å². The van der Waals surface area contributed by atoms with Crippen molar-refractivity contribution in [1.29, 1.82) is 0 Å². The Labute approximate surface area is 165 Å². The summed E-state index contributed by atoms with van der Waals surface area (Å²) in [6, 6.07) is 8.81. The van der Waals surface area contributed by atoms with Crippen molar-refractivity contribution in [2.75, 3.05) is 18.6 Å². The maximum absolute atomic E-state index is 11.9. The normalized spacial score (nSPS) is 9.75. The number of hydrogen-bond donors (Lipinski definition) is 3. The van der Waals surface area contributed by atoms with Crippen LogP contribution in [0.4, 0.5) is 21.9 Å². The minimum absolute atomic E-state index is 0.244. The van der Waals surface area contributed by atoms with Crippen LogP contribution in [-0.2, 0) is 0 Å². The SMILES string of the molecule is [C-]#[N+]c1cc(C)c(NNC(=O)NCCCOc2ccc(C)cc2C)cc1[N+]#[C-]. The summed E-state index contributed by atoms with van der Waals surface area (Å²) in [4.78, 5) is 18.6. The number of anilines is 1. The molecule has 0 saturated heterocycles. The van der Waals surface area contributed by atoms with Crippen LogP contribution < -0.4 is 20.9 Å². The highest BCUT2D eigenvalue weighted by Crippen LogP contribution is 2.33. The van der Waals surface area contributed by atoms with E-state index < -0.39 is 0 Å². The number of ether oxygens (including phenoxy) is 1. The van der Waals surface area contributed by atoms with Gasteiger partial charge in [-0.05, 0) is 50.5 Å². The van der Waals surface area contributed by atoms with Gasteiger partial charge in [0.25, 0.3) is 0 Å². The molecular formula is C21H23N5O2. The van der Waals surface area contributed by atoms with Crippen LogP contribution in [0.15, 0.2) is 30.3 Å². The van der Waals surface area contributed by atoms with E-state index in [9.17, 15) is 4.79 Å². The predicted molar refractivity (Wildman–Crippen MR) is 110 cm³/mol. The molecule has 0 heterocycles. The zero-order valence-electron chi connectivity index (χ0n) is 16.2. The van der Waals surface area contributed by atoms with Crippen LogP contribution in [0.1, 0.15) is 23.1 Å². The molecule has 2 aromatic carbocycles. The molecule has 0 unspecified atom stereocenters. The number of amides is 2. The fraction of sp³-hybridized carbons (Fsp3) is 0.286. The van der Waals surface area contributed by atoms with E-state index in [0.717, 1.165) is 16.9 Å². The van der Waals surface area contributed by atoms with E-state index in [1.165, 1.54) is 5.56 Å². The van der Waals surface area contributed by atoms with Crippen molar-refractivity contribution in [3.8, 4) is 5.75 Å². The monoisotopic (exact) mass is 377 g/mol. The van der Waals surface area contributed by atoms with Crippen LogP contribution in [0.3, 0.4) is 0 Å². The Morgan fingerprint density at radius 2 is 1.75 bits per heavy atom. The summed E-state index contributed by atoms with van der Waals surface area (Å²) in [5.74, 6) is 0.852. The van der Waals surface area contributed by atoms with Gasteiger partial charge in [0.15, 0.2) is 11.4 Å². The second-order valence-electron chi connectivity index (χ2n) is 6.36. The highest BCUT2D eigenvalue weighted by Gasteiger charge is 2.08. The number of hydrogen-bond acceptors (Lipinski definition) is 3. The van der Waals surface area contributed by atoms with Crippen LogP contribution in [0.25, 0.3) is 9.69 Å². The minimum Gasteiger partial charge on any atom is -0.493 e. The number of rotatable bonds is 7. The van der Waals surface area contributed by atoms with E-state index in [2.05, 4.69) is 31.9 Å². The van der Waals surface area contributed by atoms with Gasteiger partial charge in [0.2, 0.25) is 0 Å². The molecule has 0 fully saturated rings. The van der Waals surface area contributed by atoms with Crippen LogP contribution in [0.2, 0.25) is 0 Å². The molecule has 3 N–H and O–H groups in total. The van der Waals surface area contributed by atoms with Crippen molar-refractivity contribution in [3.05, 3.63) is 69.9 Å². The lowest BCUT2D eigenvalue weighted by atomic mass is 10.1. The van der Waals surface area contributed by atoms with Gasteiger partial charge in [0, 0.05) is 12.2 Å². The van der Waals surface area contributed by atoms with Crippen LogP contribution in [-0.4, -0.2) is 19.2 Å². The number of aryl methyl sites for hydroxylation is 3. The number of hydrazine groups is 1. The predicted octanol–water partition coefficient (Wildman–Crippen LogP) is 4.81. The van der Waals surface area contributed by atoms with Gasteiger partial charge >= 0.3 is 6.03 Å². The fourth-order valence-electron chi connectivity index (χ4n) is 2.58. The molecule has 0 aromatic heterocycles. The Bertz CT molecular complexity index is 941. The summed E-state index contributed by atoms with van der Waals surface area (Å²) in [6.07, 6.45) is 0.668. The maximum atomic E-state index is 11.9. The van der Waals surface area contributed by atoms with E-state index in [-0.39, 0.29) is 11.7 Å². The van der Waals surface area contributed by atoms with Gasteiger partial charge in [-0.3, -0.25) is 20.5 Å². The average Bonchev–Trinajstić information content (AvgIpc) is 2.67. The molecule has 0 spiro atoms. The van der Waals surface area contributed by atoms with Gasteiger partial charge in [-0.1, -0.05) is 23.8 Å². The molecule has 144 valence electrons. The quantitative estimate of drug-likeness (QED) is 0.368. The molecule has 0 radical (unpaired) electrons. The second-order valence-corrected chi connectivity index (χ2v) is 6.36. The third-order valence-corrected chi connectivity index (χ3v) is 4.07. The molecule has 0 bridgehead atoms. The average molecular weight is 377 g/mol. The van der Waals surface area contributed by atoms with Crippen molar-refractivity contribution >= 4 is 23.1 Å². The van der Waals surface area contributed by atoms with E-state index in [0.29, 0.717) is 30.9 Å². The Balaban J connectivity index is 1.73. The van der Waals surface area contributed by atoms with Crippen LogP contribution >= 0.6 is 0 Å². The summed E-state index contributed by atoms with van der Waals surface area (Å²) < 4.78 is 5.73. The van der Waals surface area contributed by atoms with Crippen LogP contribution in [0, 0.1) is 33.9 Å². The van der Waals surface area contributed by atoms with E-state index >= 15 is 0 Å². The van der Waals surface area contributed by atoms with Crippen molar-refractivity contribution in [1.82, 2.24) is 10.7 Å². The molecule has 7 heteroatoms. The lowest BCUT2D eigenvalue weighted by molar-refractivity contribution is 0.241. The molecule has 2 amide bonds. The Morgan fingerprint density at radius 3 is 2.43 bits per heavy atom. The zero-order valence-corrected chi connectivity index (χ0v) is 16.2. The van der Waals surface area contributed by atoms with Gasteiger partial charge in [-0.15, -0.1) is 0 Å². The maximum Gasteiger partial charge on any atom is 0.333 e. The first-order chi connectivity index (χ1) is 13.4. The van der Waals surface area contributed by atoms with Crippen LogP contribution in [0.5, 0.6) is 5.75 Å². The van der Waals surface area contributed by atoms with Gasteiger partial charge in [0.05, 0.1) is 19.8 Å². The number of carbonyl (C=O) groups is 1. The summed E-state index contributed by atoms with van der Waals surface area (Å²) in [5.41, 5.74) is 9.48. The van der Waals surface area contributed by atoms with Gasteiger partial charge in [-0.2, -0.15) is 0 Å². The Morgan fingerprint density at radius 1 is 1.04 bits per heavy atom. The summed E-state index contributed by atoms with van der Waals surface area (Å²) in [7, 11) is 0. The zero-order chi connectivity index (χ0) is 20.5. The fourth-order valence-corrected chi connectivity index (χ4v) is 2.58. The molecule has 0 aliphatic heterocycles. The van der Waals surface area contributed by atoms with Gasteiger partial charge in [-0.25, -0.2) is 4.79 Å². The number of carbonyl (C=O) groups excluding carboxylic acids is 1. The Kier molecular flexibility index (Phi) is 7.24. The molecule has 7 nitrogen and oxygen atoms in total. The van der Waals surface area contributed by atoms with E-state index in [1.807, 2.05) is 26.0 Å². The number of nitrogens with zero attached hydrogens (tertiary/aromatic N) is 2. The highest BCUT2D eigenvalue weighted by atomic mass is 16.5. The first-order valence-electron chi connectivity index (χ1n) is 8.84. The Hall–Kier alpha value is -3.71. The molecule has 0 aliphatic rings. The molecule has 28 heavy (non-hydrogen) atoms. The lowest BCUT2D eigenvalue weighted by Crippen LogP contribution is -2.39. The molecule has 0 saturated carbocycles. The van der Waals surface area contributed by atoms with Crippen molar-refractivity contribution in [2.24, 2.45) is 0 Å². The second kappa shape index (κ2) is 9.84. The lowest BCUT2D eigenvalue weighted by Gasteiger charge is -2.13. The molecule has 0 atom stereocenters. The first kappa shape index (κ1) is 20.6. The number of urea groups is 1. The summed E-state index contributed by atoms with van der Waals surface area (Å²) >= 11 is 0. The molecule has 2 rings (SSSR count). The third-order valence-electron chi connectivity index (χ3n) is 4.07. The molecule has 0 aliphatic carbocycles. The molecule has 2 aromatic rings. The third kappa shape index (κ3) is 5.65. The minimum atomic E-state index is -0.385. The van der Waals surface area contributed by atoms with Crippen molar-refractivity contribution in [3.63, 3.8) is 0 Å². The summed E-state index contributed by atoms with van der Waals surface area (Å²) in [5, 5.41) is 2.73. The first-order valence-corrected chi connectivity index (χ1v) is 8.84. The standard InChI is InChI=1S/C21H23N5O2/c1-14-7-8-20(16(3)11-14)28-10-6-9-24-21(27)26-25-17-13-19(23-5)18(22-4)12-15(17)2/h7-8,11-13,25H,6,9-10H2,1-3H3,(H2,24,26,27). The van der Waals surface area contributed by atoms with E-state index in [1.54, 1.807) is 19.1 Å². The molecular weight excluding hydrogens is 354 g/mol. The van der Waals surface area contributed by atoms with Gasteiger partial charge in [0.1, 0.15) is 5.75 Å².